The van der Waals surface area contributed by atoms with Crippen molar-refractivity contribution >= 4 is 54.4 Å². The SMILES string of the molecule is c1ccc(-c2ccc(-c3cc(-c4ccccc4)nc(-n4c5ccccc5c5ccc(-c6ccc7c(c6)-n6c8ccc9ccccc9c8c8cccc(c86)C7(c6ccccc6)c6ccccc6)cc54)n3)cc2)cc1. The number of fused-ring (bicyclic) bond motifs is 10. The average molecular weight is 929 g/mol. The maximum Gasteiger partial charge on any atom is 0.235 e. The molecule has 340 valence electrons. The molecule has 15 rings (SSSR count). The number of hydrogen-bond acceptors (Lipinski definition) is 2. The van der Waals surface area contributed by atoms with Crippen molar-refractivity contribution in [3.05, 3.63) is 289 Å². The third-order valence-corrected chi connectivity index (χ3v) is 15.4. The zero-order valence-electron chi connectivity index (χ0n) is 39.7. The van der Waals surface area contributed by atoms with Gasteiger partial charge in [-0.25, -0.2) is 9.97 Å². The van der Waals surface area contributed by atoms with E-state index < -0.39 is 5.41 Å². The van der Waals surface area contributed by atoms with Gasteiger partial charge in [-0.05, 0) is 85.6 Å². The first kappa shape index (κ1) is 41.2. The van der Waals surface area contributed by atoms with Gasteiger partial charge in [0.1, 0.15) is 0 Å². The summed E-state index contributed by atoms with van der Waals surface area (Å²) in [5.41, 5.74) is 18.5. The van der Waals surface area contributed by atoms with Crippen molar-refractivity contribution in [1.82, 2.24) is 19.1 Å². The quantitative estimate of drug-likeness (QED) is 0.160. The number of aromatic nitrogens is 4. The van der Waals surface area contributed by atoms with Crippen LogP contribution in [0.3, 0.4) is 0 Å². The summed E-state index contributed by atoms with van der Waals surface area (Å²) in [6.45, 7) is 0. The molecule has 0 N–H and O–H groups in total. The fourth-order valence-corrected chi connectivity index (χ4v) is 12.2. The van der Waals surface area contributed by atoms with Gasteiger partial charge in [-0.15, -0.1) is 0 Å². The first-order chi connectivity index (χ1) is 36.2. The van der Waals surface area contributed by atoms with Crippen molar-refractivity contribution < 1.29 is 0 Å². The Hall–Kier alpha value is -9.64. The highest BCUT2D eigenvalue weighted by Gasteiger charge is 2.45. The molecule has 0 bridgehead atoms. The number of rotatable bonds is 7. The molecule has 0 saturated heterocycles. The molecule has 14 aromatic rings. The van der Waals surface area contributed by atoms with Crippen molar-refractivity contribution in [2.45, 2.75) is 5.41 Å². The lowest BCUT2D eigenvalue weighted by Gasteiger charge is -2.42. The Morgan fingerprint density at radius 2 is 0.836 bits per heavy atom. The predicted octanol–water partition coefficient (Wildman–Crippen LogP) is 17.2. The van der Waals surface area contributed by atoms with E-state index in [1.165, 1.54) is 66.1 Å². The topological polar surface area (TPSA) is 35.6 Å². The molecule has 4 heterocycles. The van der Waals surface area contributed by atoms with Crippen LogP contribution >= 0.6 is 0 Å². The molecule has 3 aromatic heterocycles. The summed E-state index contributed by atoms with van der Waals surface area (Å²) < 4.78 is 4.82. The maximum absolute atomic E-state index is 5.44. The van der Waals surface area contributed by atoms with Gasteiger partial charge in [0.15, 0.2) is 0 Å². The summed E-state index contributed by atoms with van der Waals surface area (Å²) in [4.78, 5) is 10.9. The van der Waals surface area contributed by atoms with E-state index in [0.717, 1.165) is 61.0 Å². The number of para-hydroxylation sites is 2. The number of nitrogens with zero attached hydrogens (tertiary/aromatic N) is 4. The van der Waals surface area contributed by atoms with E-state index in [9.17, 15) is 0 Å². The van der Waals surface area contributed by atoms with E-state index in [2.05, 4.69) is 276 Å². The lowest BCUT2D eigenvalue weighted by Crippen LogP contribution is -2.35. The molecule has 0 aliphatic carbocycles. The van der Waals surface area contributed by atoms with Gasteiger partial charge in [0.25, 0.3) is 0 Å². The van der Waals surface area contributed by atoms with E-state index in [-0.39, 0.29) is 0 Å². The molecule has 0 saturated carbocycles. The van der Waals surface area contributed by atoms with Crippen LogP contribution in [0.5, 0.6) is 0 Å². The zero-order valence-corrected chi connectivity index (χ0v) is 39.7. The lowest BCUT2D eigenvalue weighted by molar-refractivity contribution is 0.728. The zero-order chi connectivity index (χ0) is 48.0. The molecular formula is C69H44N4. The van der Waals surface area contributed by atoms with Crippen molar-refractivity contribution in [1.29, 1.82) is 0 Å². The molecule has 1 aliphatic heterocycles. The van der Waals surface area contributed by atoms with Crippen LogP contribution in [-0.4, -0.2) is 19.1 Å². The van der Waals surface area contributed by atoms with Crippen molar-refractivity contribution in [2.24, 2.45) is 0 Å². The predicted molar refractivity (Wildman–Crippen MR) is 302 cm³/mol. The van der Waals surface area contributed by atoms with Gasteiger partial charge < -0.3 is 4.57 Å². The molecule has 0 unspecified atom stereocenters. The molecule has 0 amide bonds. The van der Waals surface area contributed by atoms with Gasteiger partial charge in [-0.1, -0.05) is 237 Å². The van der Waals surface area contributed by atoms with Crippen LogP contribution in [0, 0.1) is 0 Å². The van der Waals surface area contributed by atoms with Gasteiger partial charge >= 0.3 is 0 Å². The Kier molecular flexibility index (Phi) is 9.14. The fourth-order valence-electron chi connectivity index (χ4n) is 12.2. The minimum atomic E-state index is -0.604. The Bertz CT molecular complexity index is 4420. The highest BCUT2D eigenvalue weighted by Crippen LogP contribution is 2.55. The van der Waals surface area contributed by atoms with Crippen LogP contribution < -0.4 is 0 Å². The number of hydrogen-bond donors (Lipinski definition) is 0. The largest absolute Gasteiger partial charge is 0.309 e. The van der Waals surface area contributed by atoms with Crippen LogP contribution in [0.15, 0.2) is 267 Å². The first-order valence-corrected chi connectivity index (χ1v) is 25.1. The third-order valence-electron chi connectivity index (χ3n) is 15.4. The van der Waals surface area contributed by atoms with E-state index >= 15 is 0 Å². The molecule has 0 fully saturated rings. The van der Waals surface area contributed by atoms with Crippen LogP contribution in [-0.2, 0) is 5.41 Å². The Balaban J connectivity index is 0.977. The summed E-state index contributed by atoms with van der Waals surface area (Å²) in [6, 6.07) is 97.2. The van der Waals surface area contributed by atoms with Crippen molar-refractivity contribution in [3.8, 4) is 56.4 Å². The van der Waals surface area contributed by atoms with E-state index in [4.69, 9.17) is 9.97 Å². The highest BCUT2D eigenvalue weighted by molar-refractivity contribution is 6.22. The minimum absolute atomic E-state index is 0.604. The normalized spacial score (nSPS) is 12.8. The summed E-state index contributed by atoms with van der Waals surface area (Å²) in [6.07, 6.45) is 0. The molecular weight excluding hydrogens is 885 g/mol. The molecule has 73 heavy (non-hydrogen) atoms. The second-order valence-electron chi connectivity index (χ2n) is 19.3. The van der Waals surface area contributed by atoms with Crippen LogP contribution in [0.4, 0.5) is 0 Å². The van der Waals surface area contributed by atoms with Crippen molar-refractivity contribution in [2.75, 3.05) is 0 Å². The smallest absolute Gasteiger partial charge is 0.235 e. The standard InChI is InChI=1S/C69H44N4/c1-5-18-45(19-6-1)46-32-34-49(35-33-46)61-44-60(48-21-7-2-8-22-48)70-68(71-61)73-62-31-16-15-28-55(62)56-39-36-50(42-64(56)73)51-37-40-58-65(43-51)72-63-41-38-47-20-13-14-27-54(47)66(63)57-29-17-30-59(67(57)72)69(58,52-23-9-3-10-24-52)53-25-11-4-12-26-53/h1-44H. The van der Waals surface area contributed by atoms with Crippen LogP contribution in [0.25, 0.3) is 111 Å². The van der Waals surface area contributed by atoms with Crippen molar-refractivity contribution in [3.63, 3.8) is 0 Å². The summed E-state index contributed by atoms with van der Waals surface area (Å²) in [5.74, 6) is 0.623. The first-order valence-electron chi connectivity index (χ1n) is 25.1. The molecule has 11 aromatic carbocycles. The average Bonchev–Trinajstić information content (AvgIpc) is 4.00. The van der Waals surface area contributed by atoms with Gasteiger partial charge in [0, 0.05) is 32.7 Å². The third kappa shape index (κ3) is 6.20. The highest BCUT2D eigenvalue weighted by atomic mass is 15.2. The van der Waals surface area contributed by atoms with E-state index in [0.29, 0.717) is 5.95 Å². The molecule has 0 radical (unpaired) electrons. The lowest BCUT2D eigenvalue weighted by atomic mass is 9.63. The molecule has 4 heteroatoms. The summed E-state index contributed by atoms with van der Waals surface area (Å²) >= 11 is 0. The second-order valence-corrected chi connectivity index (χ2v) is 19.3. The Labute approximate surface area is 422 Å². The van der Waals surface area contributed by atoms with Crippen LogP contribution in [0.2, 0.25) is 0 Å². The fraction of sp³-hybridized carbons (Fsp3) is 0.0145. The van der Waals surface area contributed by atoms with Gasteiger partial charge in [-0.2, -0.15) is 0 Å². The molecule has 0 atom stereocenters. The molecule has 4 nitrogen and oxygen atoms in total. The van der Waals surface area contributed by atoms with Crippen LogP contribution in [0.1, 0.15) is 22.3 Å². The summed E-state index contributed by atoms with van der Waals surface area (Å²) in [7, 11) is 0. The second kappa shape index (κ2) is 16.2. The minimum Gasteiger partial charge on any atom is -0.309 e. The Morgan fingerprint density at radius 3 is 1.56 bits per heavy atom. The monoisotopic (exact) mass is 928 g/mol. The van der Waals surface area contributed by atoms with E-state index in [1.54, 1.807) is 0 Å². The van der Waals surface area contributed by atoms with Gasteiger partial charge in [0.2, 0.25) is 5.95 Å². The molecule has 0 spiro atoms. The van der Waals surface area contributed by atoms with Gasteiger partial charge in [-0.3, -0.25) is 4.57 Å². The Morgan fingerprint density at radius 1 is 0.301 bits per heavy atom. The van der Waals surface area contributed by atoms with Gasteiger partial charge in [0.05, 0.1) is 44.6 Å². The summed E-state index contributed by atoms with van der Waals surface area (Å²) in [5, 5.41) is 7.32. The van der Waals surface area contributed by atoms with E-state index in [1.807, 2.05) is 0 Å². The maximum atomic E-state index is 5.44. The molecule has 1 aliphatic rings. The number of benzene rings is 11.